The largest absolute Gasteiger partial charge is 0.460 e. The molecule has 0 spiro atoms. The van der Waals surface area contributed by atoms with Gasteiger partial charge in [-0.3, -0.25) is 15.3 Å². The van der Waals surface area contributed by atoms with Crippen molar-refractivity contribution < 1.29 is 19.1 Å². The molecule has 1 heterocycles. The molecule has 5 nitrogen and oxygen atoms in total. The maximum absolute atomic E-state index is 11.9. The minimum Gasteiger partial charge on any atom is -0.460 e. The first-order chi connectivity index (χ1) is 10.6. The summed E-state index contributed by atoms with van der Waals surface area (Å²) in [5, 5.41) is 3.62. The van der Waals surface area contributed by atoms with E-state index in [1.54, 1.807) is 11.4 Å². The molecule has 0 fully saturated rings. The van der Waals surface area contributed by atoms with Gasteiger partial charge in [0.25, 0.3) is 0 Å². The summed E-state index contributed by atoms with van der Waals surface area (Å²) >= 11 is 1.45. The Morgan fingerprint density at radius 2 is 1.91 bits per heavy atom. The summed E-state index contributed by atoms with van der Waals surface area (Å²) in [6.07, 6.45) is -0.872. The Labute approximate surface area is 132 Å². The van der Waals surface area contributed by atoms with Crippen molar-refractivity contribution in [3.8, 4) is 0 Å². The highest BCUT2D eigenvalue weighted by molar-refractivity contribution is 7.07. The number of hydrogen-bond acceptors (Lipinski definition) is 6. The third-order valence-corrected chi connectivity index (χ3v) is 3.75. The molecule has 0 saturated carbocycles. The van der Waals surface area contributed by atoms with E-state index >= 15 is 0 Å². The number of hydrogen-bond donors (Lipinski definition) is 1. The first-order valence-electron chi connectivity index (χ1n) is 6.76. The topological polar surface area (TPSA) is 78.6 Å². The summed E-state index contributed by atoms with van der Waals surface area (Å²) in [5.41, 5.74) is 7.31. The third-order valence-electron chi connectivity index (χ3n) is 3.05. The van der Waals surface area contributed by atoms with Gasteiger partial charge in [0.1, 0.15) is 6.61 Å². The molecule has 22 heavy (non-hydrogen) atoms. The van der Waals surface area contributed by atoms with Crippen LogP contribution in [-0.2, 0) is 25.7 Å². The number of nitrogens with two attached hydrogens (primary N) is 1. The highest BCUT2D eigenvalue weighted by Crippen LogP contribution is 2.17. The molecule has 2 aromatic rings. The van der Waals surface area contributed by atoms with Crippen LogP contribution in [0.3, 0.4) is 0 Å². The molecule has 0 amide bonds. The van der Waals surface area contributed by atoms with E-state index < -0.39 is 24.1 Å². The van der Waals surface area contributed by atoms with E-state index in [0.29, 0.717) is 5.56 Å². The number of thiophene rings is 1. The number of carbonyl (C=O) groups excluding carboxylic acids is 2. The van der Waals surface area contributed by atoms with Crippen molar-refractivity contribution in [3.05, 3.63) is 58.3 Å². The molecule has 1 aromatic heterocycles. The van der Waals surface area contributed by atoms with Crippen LogP contribution in [-0.4, -0.2) is 11.9 Å². The minimum atomic E-state index is -1.02. The lowest BCUT2D eigenvalue weighted by atomic mass is 10.2. The van der Waals surface area contributed by atoms with Gasteiger partial charge in [-0.05, 0) is 29.3 Å². The number of benzene rings is 1. The SMILES string of the molecule is CC(C(=O)OCc1ccccc1)C(=O)OC(N)c1ccsc1. The summed E-state index contributed by atoms with van der Waals surface area (Å²) in [4.78, 5) is 23.8. The quantitative estimate of drug-likeness (QED) is 0.503. The molecule has 6 heteroatoms. The van der Waals surface area contributed by atoms with E-state index in [-0.39, 0.29) is 6.61 Å². The molecule has 2 rings (SSSR count). The Hall–Kier alpha value is -2.18. The van der Waals surface area contributed by atoms with Gasteiger partial charge in [-0.2, -0.15) is 11.3 Å². The van der Waals surface area contributed by atoms with Crippen molar-refractivity contribution in [1.82, 2.24) is 0 Å². The van der Waals surface area contributed by atoms with Gasteiger partial charge in [-0.25, -0.2) is 0 Å². The first kappa shape index (κ1) is 16.2. The molecule has 2 atom stereocenters. The van der Waals surface area contributed by atoms with E-state index in [1.165, 1.54) is 18.3 Å². The fraction of sp³-hybridized carbons (Fsp3) is 0.250. The molecule has 0 bridgehead atoms. The van der Waals surface area contributed by atoms with Gasteiger partial charge in [0.05, 0.1) is 0 Å². The van der Waals surface area contributed by atoms with E-state index in [0.717, 1.165) is 5.56 Å². The average molecular weight is 319 g/mol. The van der Waals surface area contributed by atoms with Crippen molar-refractivity contribution in [2.24, 2.45) is 11.7 Å². The second-order valence-corrected chi connectivity index (χ2v) is 5.51. The van der Waals surface area contributed by atoms with Gasteiger partial charge < -0.3 is 9.47 Å². The zero-order valence-electron chi connectivity index (χ0n) is 12.1. The third kappa shape index (κ3) is 4.41. The minimum absolute atomic E-state index is 0.119. The van der Waals surface area contributed by atoms with E-state index in [4.69, 9.17) is 15.2 Å². The Morgan fingerprint density at radius 3 is 2.55 bits per heavy atom. The van der Waals surface area contributed by atoms with Crippen LogP contribution >= 0.6 is 11.3 Å². The van der Waals surface area contributed by atoms with E-state index in [2.05, 4.69) is 0 Å². The number of rotatable bonds is 6. The average Bonchev–Trinajstić information content (AvgIpc) is 3.07. The van der Waals surface area contributed by atoms with Crippen LogP contribution in [0.1, 0.15) is 24.3 Å². The van der Waals surface area contributed by atoms with Gasteiger partial charge in [-0.1, -0.05) is 30.3 Å². The Balaban J connectivity index is 1.83. The monoisotopic (exact) mass is 319 g/mol. The Kier molecular flexibility index (Phi) is 5.68. The van der Waals surface area contributed by atoms with Crippen LogP contribution in [0, 0.1) is 5.92 Å². The molecule has 1 aromatic carbocycles. The van der Waals surface area contributed by atoms with Gasteiger partial charge in [-0.15, -0.1) is 0 Å². The molecule has 0 aliphatic heterocycles. The Bertz CT molecular complexity index is 612. The lowest BCUT2D eigenvalue weighted by molar-refractivity contribution is -0.165. The summed E-state index contributed by atoms with van der Waals surface area (Å²) in [6, 6.07) is 11.0. The highest BCUT2D eigenvalue weighted by Gasteiger charge is 2.26. The van der Waals surface area contributed by atoms with Crippen molar-refractivity contribution in [1.29, 1.82) is 0 Å². The molecular weight excluding hydrogens is 302 g/mol. The Morgan fingerprint density at radius 1 is 1.18 bits per heavy atom. The second kappa shape index (κ2) is 7.72. The van der Waals surface area contributed by atoms with Crippen molar-refractivity contribution >= 4 is 23.3 Å². The standard InChI is InChI=1S/C16H17NO4S/c1-11(15(18)20-9-12-5-3-2-4-6-12)16(19)21-14(17)13-7-8-22-10-13/h2-8,10-11,14H,9,17H2,1H3. The van der Waals surface area contributed by atoms with E-state index in [9.17, 15) is 9.59 Å². The molecule has 0 radical (unpaired) electrons. The number of ether oxygens (including phenoxy) is 2. The summed E-state index contributed by atoms with van der Waals surface area (Å²) < 4.78 is 10.2. The summed E-state index contributed by atoms with van der Waals surface area (Å²) in [6.45, 7) is 1.56. The molecule has 2 N–H and O–H groups in total. The fourth-order valence-electron chi connectivity index (χ4n) is 1.68. The molecular formula is C16H17NO4S. The van der Waals surface area contributed by atoms with Crippen LogP contribution in [0.15, 0.2) is 47.2 Å². The maximum atomic E-state index is 11.9. The maximum Gasteiger partial charge on any atom is 0.321 e. The van der Waals surface area contributed by atoms with Gasteiger partial charge >= 0.3 is 11.9 Å². The second-order valence-electron chi connectivity index (χ2n) is 4.73. The first-order valence-corrected chi connectivity index (χ1v) is 7.71. The normalized spacial score (nSPS) is 13.2. The van der Waals surface area contributed by atoms with Crippen molar-refractivity contribution in [2.75, 3.05) is 0 Å². The number of carbonyl (C=O) groups is 2. The van der Waals surface area contributed by atoms with Gasteiger partial charge in [0, 0.05) is 5.56 Å². The summed E-state index contributed by atoms with van der Waals surface area (Å²) in [7, 11) is 0. The van der Waals surface area contributed by atoms with E-state index in [1.807, 2.05) is 35.7 Å². The van der Waals surface area contributed by atoms with Crippen LogP contribution in [0.2, 0.25) is 0 Å². The molecule has 2 unspecified atom stereocenters. The lowest BCUT2D eigenvalue weighted by Crippen LogP contribution is -2.28. The highest BCUT2D eigenvalue weighted by atomic mass is 32.1. The van der Waals surface area contributed by atoms with Crippen LogP contribution < -0.4 is 5.73 Å². The predicted molar refractivity (Wildman–Crippen MR) is 82.7 cm³/mol. The lowest BCUT2D eigenvalue weighted by Gasteiger charge is -2.15. The van der Waals surface area contributed by atoms with Gasteiger partial charge in [0.2, 0.25) is 0 Å². The van der Waals surface area contributed by atoms with Crippen molar-refractivity contribution in [2.45, 2.75) is 19.8 Å². The van der Waals surface area contributed by atoms with Crippen LogP contribution in [0.5, 0.6) is 0 Å². The summed E-state index contributed by atoms with van der Waals surface area (Å²) in [5.74, 6) is -2.35. The van der Waals surface area contributed by atoms with Crippen LogP contribution in [0.25, 0.3) is 0 Å². The number of esters is 2. The smallest absolute Gasteiger partial charge is 0.321 e. The predicted octanol–water partition coefficient (Wildman–Crippen LogP) is 2.63. The zero-order valence-corrected chi connectivity index (χ0v) is 12.9. The van der Waals surface area contributed by atoms with Crippen molar-refractivity contribution in [3.63, 3.8) is 0 Å². The molecule has 0 saturated heterocycles. The van der Waals surface area contributed by atoms with Gasteiger partial charge in [0.15, 0.2) is 12.1 Å². The fourth-order valence-corrected chi connectivity index (χ4v) is 2.37. The molecule has 0 aliphatic carbocycles. The molecule has 0 aliphatic rings. The molecule has 116 valence electrons. The zero-order chi connectivity index (χ0) is 15.9. The van der Waals surface area contributed by atoms with Crippen LogP contribution in [0.4, 0.5) is 0 Å².